The van der Waals surface area contributed by atoms with Crippen LogP contribution in [-0.2, 0) is 14.3 Å². The van der Waals surface area contributed by atoms with Crippen LogP contribution >= 0.6 is 0 Å². The molecule has 1 aliphatic heterocycles. The van der Waals surface area contributed by atoms with E-state index in [0.717, 1.165) is 5.56 Å². The minimum Gasteiger partial charge on any atom is -0.494 e. The van der Waals surface area contributed by atoms with E-state index in [2.05, 4.69) is 20.8 Å². The number of ether oxygens (including phenoxy) is 2. The largest absolute Gasteiger partial charge is 0.494 e. The van der Waals surface area contributed by atoms with Crippen molar-refractivity contribution >= 4 is 23.8 Å². The molecule has 1 aliphatic rings. The predicted octanol–water partition coefficient (Wildman–Crippen LogP) is 2.80. The molecule has 0 aliphatic carbocycles. The number of anilines is 1. The van der Waals surface area contributed by atoms with Crippen molar-refractivity contribution in [2.45, 2.75) is 13.0 Å². The van der Waals surface area contributed by atoms with Crippen LogP contribution in [-0.4, -0.2) is 45.7 Å². The average Bonchev–Trinajstić information content (AvgIpc) is 3.31. The third-order valence-corrected chi connectivity index (χ3v) is 4.91. The van der Waals surface area contributed by atoms with Gasteiger partial charge in [0, 0.05) is 0 Å². The Morgan fingerprint density at radius 3 is 2.56 bits per heavy atom. The fourth-order valence-corrected chi connectivity index (χ4v) is 3.46. The van der Waals surface area contributed by atoms with Gasteiger partial charge < -0.3 is 14.8 Å². The third kappa shape index (κ3) is 4.13. The Balaban J connectivity index is 1.81. The second-order valence-electron chi connectivity index (χ2n) is 6.87. The highest BCUT2D eigenvalue weighted by molar-refractivity contribution is 6.13. The molecule has 1 atom stereocenters. The summed E-state index contributed by atoms with van der Waals surface area (Å²) in [5.74, 6) is -0.141. The van der Waals surface area contributed by atoms with E-state index in [0.29, 0.717) is 17.9 Å². The van der Waals surface area contributed by atoms with Gasteiger partial charge in [0.15, 0.2) is 5.78 Å². The maximum atomic E-state index is 13.4. The van der Waals surface area contributed by atoms with Gasteiger partial charge in [-0.05, 0) is 46.7 Å². The van der Waals surface area contributed by atoms with Gasteiger partial charge in [-0.3, -0.25) is 4.79 Å². The minimum absolute atomic E-state index is 0.00334. The third-order valence-electron chi connectivity index (χ3n) is 4.91. The number of ketones is 1. The molecule has 0 fully saturated rings. The quantitative estimate of drug-likeness (QED) is 0.449. The summed E-state index contributed by atoms with van der Waals surface area (Å²) >= 11 is 0. The number of nitrogens with zero attached hydrogens (tertiary/aromatic N) is 4. The van der Waals surface area contributed by atoms with Crippen molar-refractivity contribution < 1.29 is 19.1 Å². The number of nitrogens with one attached hydrogen (secondary N) is 1. The average molecular weight is 431 g/mol. The zero-order chi connectivity index (χ0) is 22.5. The zero-order valence-corrected chi connectivity index (χ0v) is 17.6. The highest BCUT2D eigenvalue weighted by atomic mass is 16.5. The zero-order valence-electron chi connectivity index (χ0n) is 17.6. The molecule has 1 N–H and O–H groups in total. The molecule has 0 spiro atoms. The summed E-state index contributed by atoms with van der Waals surface area (Å²) < 4.78 is 11.9. The monoisotopic (exact) mass is 431 g/mol. The number of hydrogen-bond acceptors (Lipinski definition) is 8. The van der Waals surface area contributed by atoms with E-state index in [1.165, 1.54) is 17.9 Å². The molecular formula is C23H21N5O4. The van der Waals surface area contributed by atoms with E-state index in [9.17, 15) is 9.59 Å². The standard InChI is InChI=1S/C23H21N5O4/c1-3-32-17-12-10-16(11-13-17)21-19(18(29)14-9-15-7-5-4-6-8-15)20(22(30)31-2)24-23-25-26-27-28(21)23/h4-14,21H,3H2,1-2H3,(H,24,25,27)/b14-9+/t21-/m0/s1. The number of esters is 1. The molecule has 3 aromatic rings. The van der Waals surface area contributed by atoms with Gasteiger partial charge >= 0.3 is 5.97 Å². The maximum Gasteiger partial charge on any atom is 0.355 e. The van der Waals surface area contributed by atoms with Crippen LogP contribution in [0.2, 0.25) is 0 Å². The van der Waals surface area contributed by atoms with Gasteiger partial charge in [-0.25, -0.2) is 4.79 Å². The lowest BCUT2D eigenvalue weighted by Crippen LogP contribution is -2.32. The second kappa shape index (κ2) is 9.25. The molecule has 9 nitrogen and oxygen atoms in total. The van der Waals surface area contributed by atoms with Crippen LogP contribution in [0, 0.1) is 0 Å². The van der Waals surface area contributed by atoms with Crippen molar-refractivity contribution in [3.63, 3.8) is 0 Å². The van der Waals surface area contributed by atoms with Crippen LogP contribution < -0.4 is 10.1 Å². The van der Waals surface area contributed by atoms with Gasteiger partial charge in [0.05, 0.1) is 19.3 Å². The van der Waals surface area contributed by atoms with Crippen molar-refractivity contribution in [3.05, 3.63) is 83.1 Å². The molecule has 0 amide bonds. The van der Waals surface area contributed by atoms with E-state index < -0.39 is 12.0 Å². The number of rotatable bonds is 7. The van der Waals surface area contributed by atoms with Gasteiger partial charge in [-0.2, -0.15) is 4.68 Å². The second-order valence-corrected chi connectivity index (χ2v) is 6.87. The summed E-state index contributed by atoms with van der Waals surface area (Å²) in [6.45, 7) is 2.43. The number of tetrazole rings is 1. The molecule has 0 saturated heterocycles. The number of allylic oxidation sites excluding steroid dienone is 2. The number of methoxy groups -OCH3 is 1. The molecule has 0 radical (unpaired) electrons. The summed E-state index contributed by atoms with van der Waals surface area (Å²) in [5, 5.41) is 14.5. The van der Waals surface area contributed by atoms with Crippen LogP contribution in [0.4, 0.5) is 5.95 Å². The summed E-state index contributed by atoms with van der Waals surface area (Å²) in [7, 11) is 1.25. The molecule has 32 heavy (non-hydrogen) atoms. The van der Waals surface area contributed by atoms with Crippen molar-refractivity contribution in [2.24, 2.45) is 0 Å². The highest BCUT2D eigenvalue weighted by Gasteiger charge is 2.37. The fourth-order valence-electron chi connectivity index (χ4n) is 3.46. The van der Waals surface area contributed by atoms with Crippen LogP contribution in [0.1, 0.15) is 24.1 Å². The summed E-state index contributed by atoms with van der Waals surface area (Å²) in [6, 6.07) is 15.9. The molecular weight excluding hydrogens is 410 g/mol. The highest BCUT2D eigenvalue weighted by Crippen LogP contribution is 2.36. The Morgan fingerprint density at radius 1 is 1.12 bits per heavy atom. The first-order valence-electron chi connectivity index (χ1n) is 10.00. The van der Waals surface area contributed by atoms with Gasteiger partial charge in [-0.15, -0.1) is 0 Å². The SMILES string of the molecule is CCOc1ccc([C@H]2C(C(=O)/C=C/c3ccccc3)=C(C(=O)OC)Nc3nnnn32)cc1. The number of carbonyl (C=O) groups excluding carboxylic acids is 2. The molecule has 0 unspecified atom stereocenters. The van der Waals surface area contributed by atoms with E-state index in [-0.39, 0.29) is 23.0 Å². The Hall–Kier alpha value is -4.27. The Morgan fingerprint density at radius 2 is 1.88 bits per heavy atom. The fraction of sp³-hybridized carbons (Fsp3) is 0.174. The Labute approximate surface area is 184 Å². The number of benzene rings is 2. The van der Waals surface area contributed by atoms with E-state index >= 15 is 0 Å². The molecule has 0 saturated carbocycles. The van der Waals surface area contributed by atoms with Crippen LogP contribution in [0.3, 0.4) is 0 Å². The first kappa shape index (κ1) is 21.0. The normalized spacial score (nSPS) is 15.2. The van der Waals surface area contributed by atoms with Crippen molar-refractivity contribution in [1.82, 2.24) is 20.2 Å². The lowest BCUT2D eigenvalue weighted by atomic mass is 9.91. The summed E-state index contributed by atoms with van der Waals surface area (Å²) in [5.41, 5.74) is 1.73. The Bertz CT molecular complexity index is 1180. The van der Waals surface area contributed by atoms with E-state index in [4.69, 9.17) is 9.47 Å². The molecule has 9 heteroatoms. The number of hydrogen-bond donors (Lipinski definition) is 1. The van der Waals surface area contributed by atoms with Crippen molar-refractivity contribution in [2.75, 3.05) is 19.0 Å². The van der Waals surface area contributed by atoms with E-state index in [1.807, 2.05) is 49.4 Å². The first-order valence-corrected chi connectivity index (χ1v) is 10.00. The lowest BCUT2D eigenvalue weighted by molar-refractivity contribution is -0.136. The van der Waals surface area contributed by atoms with Gasteiger partial charge in [0.25, 0.3) is 0 Å². The van der Waals surface area contributed by atoms with E-state index in [1.54, 1.807) is 18.2 Å². The molecule has 1 aromatic heterocycles. The first-order chi connectivity index (χ1) is 15.6. The van der Waals surface area contributed by atoms with Gasteiger partial charge in [0.2, 0.25) is 5.95 Å². The molecule has 2 aromatic carbocycles. The number of fused-ring (bicyclic) bond motifs is 1. The van der Waals surface area contributed by atoms with Gasteiger partial charge in [-0.1, -0.05) is 53.6 Å². The molecule has 4 rings (SSSR count). The topological polar surface area (TPSA) is 108 Å². The van der Waals surface area contributed by atoms with Gasteiger partial charge in [0.1, 0.15) is 17.5 Å². The molecule has 2 heterocycles. The van der Waals surface area contributed by atoms with Crippen molar-refractivity contribution in [3.8, 4) is 5.75 Å². The van der Waals surface area contributed by atoms with Crippen LogP contribution in [0.15, 0.2) is 71.9 Å². The molecule has 0 bridgehead atoms. The van der Waals surface area contributed by atoms with Crippen LogP contribution in [0.25, 0.3) is 6.08 Å². The number of aromatic nitrogens is 4. The maximum absolute atomic E-state index is 13.4. The smallest absolute Gasteiger partial charge is 0.355 e. The number of carbonyl (C=O) groups is 2. The predicted molar refractivity (Wildman–Crippen MR) is 117 cm³/mol. The molecule has 162 valence electrons. The Kier molecular flexibility index (Phi) is 6.07. The lowest BCUT2D eigenvalue weighted by Gasteiger charge is -2.27. The van der Waals surface area contributed by atoms with Crippen LogP contribution in [0.5, 0.6) is 5.75 Å². The summed E-state index contributed by atoms with van der Waals surface area (Å²) in [6.07, 6.45) is 3.11. The summed E-state index contributed by atoms with van der Waals surface area (Å²) in [4.78, 5) is 26.0. The van der Waals surface area contributed by atoms with Crippen molar-refractivity contribution in [1.29, 1.82) is 0 Å². The minimum atomic E-state index is -0.737.